The van der Waals surface area contributed by atoms with Gasteiger partial charge in [-0.3, -0.25) is 20.4 Å². The van der Waals surface area contributed by atoms with Crippen molar-refractivity contribution in [2.45, 2.75) is 26.8 Å². The second-order valence-corrected chi connectivity index (χ2v) is 6.79. The highest BCUT2D eigenvalue weighted by Gasteiger charge is 2.11. The summed E-state index contributed by atoms with van der Waals surface area (Å²) in [5.74, 6) is 0.464. The maximum Gasteiger partial charge on any atom is 0.269 e. The molecular weight excluding hydrogens is 358 g/mol. The van der Waals surface area contributed by atoms with Gasteiger partial charge in [-0.25, -0.2) is 4.68 Å². The molecule has 0 saturated heterocycles. The summed E-state index contributed by atoms with van der Waals surface area (Å²) in [4.78, 5) is 24.3. The molecule has 0 atom stereocenters. The van der Waals surface area contributed by atoms with Gasteiger partial charge in [-0.05, 0) is 48.7 Å². The lowest BCUT2D eigenvalue weighted by molar-refractivity contribution is -0.122. The number of rotatable bonds is 7. The summed E-state index contributed by atoms with van der Waals surface area (Å²) in [5.41, 5.74) is 6.65. The number of para-hydroxylation sites is 1. The molecule has 8 nitrogen and oxygen atoms in total. The third kappa shape index (κ3) is 5.06. The van der Waals surface area contributed by atoms with Gasteiger partial charge in [0.2, 0.25) is 0 Å². The number of carbonyl (C=O) groups excluding carboxylic acids is 2. The Kier molecular flexibility index (Phi) is 6.21. The molecule has 0 radical (unpaired) electrons. The molecule has 2 aromatic carbocycles. The summed E-state index contributed by atoms with van der Waals surface area (Å²) in [6, 6.07) is 14.1. The highest BCUT2D eigenvalue weighted by atomic mass is 16.5. The Morgan fingerprint density at radius 3 is 2.57 bits per heavy atom. The number of aromatic nitrogens is 3. The van der Waals surface area contributed by atoms with Gasteiger partial charge >= 0.3 is 0 Å². The molecule has 0 aliphatic heterocycles. The zero-order valence-corrected chi connectivity index (χ0v) is 15.9. The van der Waals surface area contributed by atoms with Crippen LogP contribution < -0.4 is 15.6 Å². The molecule has 3 rings (SSSR count). The molecule has 3 aromatic rings. The van der Waals surface area contributed by atoms with E-state index in [1.165, 1.54) is 4.68 Å². The van der Waals surface area contributed by atoms with E-state index in [1.54, 1.807) is 24.3 Å². The molecular formula is C20H23N5O3. The molecule has 2 amide bonds. The molecule has 1 heterocycles. The fourth-order valence-electron chi connectivity index (χ4n) is 2.52. The minimum Gasteiger partial charge on any atom is -0.494 e. The van der Waals surface area contributed by atoms with Gasteiger partial charge in [0, 0.05) is 5.56 Å². The normalized spacial score (nSPS) is 10.8. The number of hydrogen-bond donors (Lipinski definition) is 2. The topological polar surface area (TPSA) is 98.1 Å². The molecule has 1 aromatic heterocycles. The van der Waals surface area contributed by atoms with Gasteiger partial charge in [-0.1, -0.05) is 31.2 Å². The molecule has 146 valence electrons. The van der Waals surface area contributed by atoms with Gasteiger partial charge in [0.05, 0.1) is 12.1 Å². The summed E-state index contributed by atoms with van der Waals surface area (Å²) >= 11 is 0. The smallest absolute Gasteiger partial charge is 0.269 e. The summed E-state index contributed by atoms with van der Waals surface area (Å²) in [7, 11) is 0. The van der Waals surface area contributed by atoms with Crippen molar-refractivity contribution in [2.24, 2.45) is 5.92 Å². The number of hydrazine groups is 1. The van der Waals surface area contributed by atoms with Crippen molar-refractivity contribution in [1.29, 1.82) is 0 Å². The van der Waals surface area contributed by atoms with Crippen LogP contribution in [-0.4, -0.2) is 33.4 Å². The Bertz CT molecular complexity index is 950. The van der Waals surface area contributed by atoms with E-state index >= 15 is 0 Å². The van der Waals surface area contributed by atoms with Gasteiger partial charge in [0.25, 0.3) is 11.8 Å². The average molecular weight is 381 g/mol. The number of benzene rings is 2. The van der Waals surface area contributed by atoms with Crippen LogP contribution in [0.1, 0.15) is 30.6 Å². The molecule has 0 unspecified atom stereocenters. The first-order chi connectivity index (χ1) is 13.5. The van der Waals surface area contributed by atoms with E-state index in [0.717, 1.165) is 11.9 Å². The largest absolute Gasteiger partial charge is 0.494 e. The minimum absolute atomic E-state index is 0.0522. The Morgan fingerprint density at radius 1 is 1.07 bits per heavy atom. The number of nitrogens with zero attached hydrogens (tertiary/aromatic N) is 3. The monoisotopic (exact) mass is 381 g/mol. The lowest BCUT2D eigenvalue weighted by atomic mass is 10.1. The first-order valence-electron chi connectivity index (χ1n) is 9.13. The maximum atomic E-state index is 12.2. The van der Waals surface area contributed by atoms with Crippen LogP contribution in [0.25, 0.3) is 11.0 Å². The van der Waals surface area contributed by atoms with Crippen LogP contribution in [0.4, 0.5) is 0 Å². The minimum atomic E-state index is -0.412. The van der Waals surface area contributed by atoms with Gasteiger partial charge in [0.1, 0.15) is 17.8 Å². The van der Waals surface area contributed by atoms with E-state index in [9.17, 15) is 9.59 Å². The van der Waals surface area contributed by atoms with Crippen molar-refractivity contribution in [1.82, 2.24) is 25.8 Å². The maximum absolute atomic E-state index is 12.2. The van der Waals surface area contributed by atoms with Crippen LogP contribution in [0.15, 0.2) is 48.5 Å². The third-order valence-electron chi connectivity index (χ3n) is 4.11. The van der Waals surface area contributed by atoms with Crippen molar-refractivity contribution < 1.29 is 14.3 Å². The van der Waals surface area contributed by atoms with Crippen molar-refractivity contribution >= 4 is 22.8 Å². The van der Waals surface area contributed by atoms with Gasteiger partial charge in [0.15, 0.2) is 0 Å². The Morgan fingerprint density at radius 2 is 1.82 bits per heavy atom. The highest BCUT2D eigenvalue weighted by Crippen LogP contribution is 2.13. The van der Waals surface area contributed by atoms with Crippen LogP contribution in [0.2, 0.25) is 0 Å². The van der Waals surface area contributed by atoms with Crippen LogP contribution >= 0.6 is 0 Å². The standard InChI is InChI=1S/C20H23N5O3/c1-14(2)11-12-28-16-9-7-15(8-10-16)20(27)23-22-19(26)13-25-18-6-4-3-5-17(18)21-24-25/h3-10,14H,11-13H2,1-2H3,(H,22,26)(H,23,27). The van der Waals surface area contributed by atoms with Crippen molar-refractivity contribution in [3.05, 3.63) is 54.1 Å². The highest BCUT2D eigenvalue weighted by molar-refractivity contribution is 5.95. The molecule has 0 spiro atoms. The Hall–Kier alpha value is -3.42. The molecule has 2 N–H and O–H groups in total. The number of ether oxygens (including phenoxy) is 1. The number of fused-ring (bicyclic) bond motifs is 1. The second kappa shape index (κ2) is 8.98. The zero-order valence-electron chi connectivity index (χ0n) is 15.9. The number of nitrogens with one attached hydrogen (secondary N) is 2. The molecule has 28 heavy (non-hydrogen) atoms. The summed E-state index contributed by atoms with van der Waals surface area (Å²) in [5, 5.41) is 7.93. The van der Waals surface area contributed by atoms with Gasteiger partial charge < -0.3 is 4.74 Å². The molecule has 0 aliphatic carbocycles. The molecule has 8 heteroatoms. The predicted molar refractivity (Wildman–Crippen MR) is 105 cm³/mol. The lowest BCUT2D eigenvalue weighted by Gasteiger charge is -2.10. The van der Waals surface area contributed by atoms with Crippen LogP contribution in [-0.2, 0) is 11.3 Å². The van der Waals surface area contributed by atoms with Gasteiger partial charge in [-0.15, -0.1) is 5.10 Å². The molecule has 0 bridgehead atoms. The van der Waals surface area contributed by atoms with E-state index in [2.05, 4.69) is 35.0 Å². The zero-order chi connectivity index (χ0) is 19.9. The van der Waals surface area contributed by atoms with E-state index in [-0.39, 0.29) is 6.54 Å². The van der Waals surface area contributed by atoms with E-state index in [0.29, 0.717) is 29.4 Å². The summed E-state index contributed by atoms with van der Waals surface area (Å²) < 4.78 is 7.10. The molecule has 0 saturated carbocycles. The Labute approximate surface area is 162 Å². The van der Waals surface area contributed by atoms with Crippen molar-refractivity contribution in [3.8, 4) is 5.75 Å². The first kappa shape index (κ1) is 19.3. The average Bonchev–Trinajstić information content (AvgIpc) is 3.09. The molecule has 0 fully saturated rings. The Balaban J connectivity index is 1.48. The van der Waals surface area contributed by atoms with E-state index < -0.39 is 11.8 Å². The number of carbonyl (C=O) groups is 2. The summed E-state index contributed by atoms with van der Waals surface area (Å²) in [6.07, 6.45) is 0.968. The lowest BCUT2D eigenvalue weighted by Crippen LogP contribution is -2.43. The summed E-state index contributed by atoms with van der Waals surface area (Å²) in [6.45, 7) is 4.85. The third-order valence-corrected chi connectivity index (χ3v) is 4.11. The SMILES string of the molecule is CC(C)CCOc1ccc(C(=O)NNC(=O)Cn2nnc3ccccc32)cc1. The van der Waals surface area contributed by atoms with Crippen LogP contribution in [0, 0.1) is 5.92 Å². The second-order valence-electron chi connectivity index (χ2n) is 6.79. The van der Waals surface area contributed by atoms with E-state index in [1.807, 2.05) is 24.3 Å². The van der Waals surface area contributed by atoms with Crippen LogP contribution in [0.5, 0.6) is 5.75 Å². The van der Waals surface area contributed by atoms with Crippen molar-refractivity contribution in [2.75, 3.05) is 6.61 Å². The number of amides is 2. The number of hydrogen-bond acceptors (Lipinski definition) is 5. The quantitative estimate of drug-likeness (QED) is 0.612. The van der Waals surface area contributed by atoms with E-state index in [4.69, 9.17) is 4.74 Å². The fraction of sp³-hybridized carbons (Fsp3) is 0.300. The first-order valence-corrected chi connectivity index (χ1v) is 9.13. The molecule has 0 aliphatic rings. The predicted octanol–water partition coefficient (Wildman–Crippen LogP) is 2.32. The van der Waals surface area contributed by atoms with Crippen LogP contribution in [0.3, 0.4) is 0 Å². The van der Waals surface area contributed by atoms with Gasteiger partial charge in [-0.2, -0.15) is 0 Å². The van der Waals surface area contributed by atoms with Crippen molar-refractivity contribution in [3.63, 3.8) is 0 Å². The fourth-order valence-corrected chi connectivity index (χ4v) is 2.52.